The Bertz CT molecular complexity index is 1390. The van der Waals surface area contributed by atoms with Crippen molar-refractivity contribution in [2.24, 2.45) is 0 Å². The number of nitrogens with zero attached hydrogens (tertiary/aromatic N) is 2. The molecule has 2 amide bonds. The molecule has 3 aromatic rings. The van der Waals surface area contributed by atoms with Crippen molar-refractivity contribution in [2.45, 2.75) is 50.6 Å². The van der Waals surface area contributed by atoms with Gasteiger partial charge in [-0.05, 0) is 62.6 Å². The van der Waals surface area contributed by atoms with Crippen LogP contribution in [0.1, 0.15) is 32.8 Å². The predicted octanol–water partition coefficient (Wildman–Crippen LogP) is 4.92. The van der Waals surface area contributed by atoms with Crippen LogP contribution in [-0.4, -0.2) is 57.4 Å². The molecule has 0 aliphatic carbocycles. The number of rotatable bonds is 13. The van der Waals surface area contributed by atoms with Crippen molar-refractivity contribution in [1.82, 2.24) is 10.2 Å². The van der Waals surface area contributed by atoms with Gasteiger partial charge in [0.15, 0.2) is 0 Å². The molecule has 8 nitrogen and oxygen atoms in total. The Hall–Kier alpha value is -3.56. The summed E-state index contributed by atoms with van der Waals surface area (Å²) in [6.45, 7) is 5.14. The summed E-state index contributed by atoms with van der Waals surface area (Å²) < 4.78 is 34.3. The number of anilines is 1. The Morgan fingerprint density at radius 3 is 2.20 bits per heavy atom. The first kappa shape index (κ1) is 31.0. The highest BCUT2D eigenvalue weighted by Gasteiger charge is 2.34. The lowest BCUT2D eigenvalue weighted by molar-refractivity contribution is -0.139. The van der Waals surface area contributed by atoms with Crippen LogP contribution in [0.3, 0.4) is 0 Å². The third-order valence-corrected chi connectivity index (χ3v) is 8.68. The normalized spacial score (nSPS) is 12.7. The zero-order valence-electron chi connectivity index (χ0n) is 23.2. The number of benzene rings is 3. The Labute approximate surface area is 241 Å². The second kappa shape index (κ2) is 14.2. The van der Waals surface area contributed by atoms with Crippen LogP contribution in [0.2, 0.25) is 5.02 Å². The summed E-state index contributed by atoms with van der Waals surface area (Å²) in [5.74, 6) is -0.618. The van der Waals surface area contributed by atoms with Gasteiger partial charge in [0.25, 0.3) is 10.0 Å². The van der Waals surface area contributed by atoms with Gasteiger partial charge >= 0.3 is 0 Å². The molecule has 0 aliphatic heterocycles. The smallest absolute Gasteiger partial charge is 0.264 e. The van der Waals surface area contributed by atoms with E-state index in [4.69, 9.17) is 16.3 Å². The third kappa shape index (κ3) is 7.76. The van der Waals surface area contributed by atoms with Gasteiger partial charge in [-0.1, -0.05) is 67.1 Å². The number of ether oxygens (including phenoxy) is 1. The van der Waals surface area contributed by atoms with Crippen molar-refractivity contribution < 1.29 is 22.7 Å². The van der Waals surface area contributed by atoms with Crippen molar-refractivity contribution >= 4 is 39.1 Å². The van der Waals surface area contributed by atoms with Gasteiger partial charge in [-0.2, -0.15) is 0 Å². The van der Waals surface area contributed by atoms with Crippen LogP contribution < -0.4 is 14.4 Å². The molecule has 3 rings (SSSR count). The average Bonchev–Trinajstić information content (AvgIpc) is 2.96. The van der Waals surface area contributed by atoms with E-state index in [2.05, 4.69) is 5.32 Å². The van der Waals surface area contributed by atoms with Gasteiger partial charge < -0.3 is 15.0 Å². The van der Waals surface area contributed by atoms with Gasteiger partial charge in [-0.3, -0.25) is 13.9 Å². The molecule has 0 aliphatic rings. The number of carbonyl (C=O) groups excluding carboxylic acids is 2. The molecule has 0 spiro atoms. The van der Waals surface area contributed by atoms with Crippen LogP contribution in [0, 0.1) is 0 Å². The zero-order chi connectivity index (χ0) is 29.3. The summed E-state index contributed by atoms with van der Waals surface area (Å²) in [4.78, 5) is 28.5. The first-order valence-corrected chi connectivity index (χ1v) is 14.9. The highest BCUT2D eigenvalue weighted by atomic mass is 35.5. The summed E-state index contributed by atoms with van der Waals surface area (Å²) in [6, 6.07) is 21.1. The summed E-state index contributed by atoms with van der Waals surface area (Å²) in [7, 11) is -2.81. The van der Waals surface area contributed by atoms with Crippen LogP contribution >= 0.6 is 11.6 Å². The molecule has 0 aromatic heterocycles. The number of hydrogen-bond acceptors (Lipinski definition) is 5. The van der Waals surface area contributed by atoms with E-state index in [1.165, 1.54) is 30.2 Å². The number of halogens is 1. The van der Waals surface area contributed by atoms with E-state index in [0.29, 0.717) is 6.42 Å². The number of nitrogens with one attached hydrogen (secondary N) is 1. The number of methoxy groups -OCH3 is 1. The lowest BCUT2D eigenvalue weighted by atomic mass is 10.1. The molecular formula is C30H36ClN3O5S. The van der Waals surface area contributed by atoms with Crippen LogP contribution in [0.15, 0.2) is 83.8 Å². The highest BCUT2D eigenvalue weighted by molar-refractivity contribution is 7.92. The minimum Gasteiger partial charge on any atom is -0.495 e. The quantitative estimate of drug-likeness (QED) is 0.307. The summed E-state index contributed by atoms with van der Waals surface area (Å²) in [5.41, 5.74) is 1.10. The summed E-state index contributed by atoms with van der Waals surface area (Å²) in [5, 5.41) is 3.20. The SMILES string of the molecule is CC[C@@H](C)NC(=O)[C@H](C)N(CCc1ccccc1)C(=O)CN(c1cc(Cl)ccc1OC)S(=O)(=O)c1ccccc1. The molecule has 3 aromatic carbocycles. The van der Waals surface area contributed by atoms with Gasteiger partial charge in [0.2, 0.25) is 11.8 Å². The Kier molecular flexibility index (Phi) is 11.0. The Balaban J connectivity index is 2.03. The van der Waals surface area contributed by atoms with Crippen LogP contribution in [0.25, 0.3) is 0 Å². The van der Waals surface area contributed by atoms with Gasteiger partial charge in [0.05, 0.1) is 17.7 Å². The van der Waals surface area contributed by atoms with Crippen molar-refractivity contribution in [1.29, 1.82) is 0 Å². The first-order valence-electron chi connectivity index (χ1n) is 13.1. The second-order valence-corrected chi connectivity index (χ2v) is 11.8. The molecule has 214 valence electrons. The molecule has 0 fully saturated rings. The minimum atomic E-state index is -4.22. The first-order chi connectivity index (χ1) is 19.1. The van der Waals surface area contributed by atoms with Gasteiger partial charge in [-0.15, -0.1) is 0 Å². The summed E-state index contributed by atoms with van der Waals surface area (Å²) in [6.07, 6.45) is 1.22. The molecular weight excluding hydrogens is 550 g/mol. The lowest BCUT2D eigenvalue weighted by Crippen LogP contribution is -2.53. The average molecular weight is 586 g/mol. The van der Waals surface area contributed by atoms with E-state index in [9.17, 15) is 18.0 Å². The van der Waals surface area contributed by atoms with E-state index in [1.807, 2.05) is 44.2 Å². The lowest BCUT2D eigenvalue weighted by Gasteiger charge is -2.32. The number of carbonyl (C=O) groups is 2. The maximum atomic E-state index is 14.0. The van der Waals surface area contributed by atoms with Crippen molar-refractivity contribution in [3.05, 3.63) is 89.4 Å². The van der Waals surface area contributed by atoms with Crippen LogP contribution in [0.5, 0.6) is 5.75 Å². The minimum absolute atomic E-state index is 0.00299. The molecule has 0 radical (unpaired) electrons. The van der Waals surface area contributed by atoms with Crippen molar-refractivity contribution in [3.63, 3.8) is 0 Å². The standard InChI is InChI=1S/C30H36ClN3O5S/c1-5-22(2)32-30(36)23(3)33(19-18-24-12-8-6-9-13-24)29(35)21-34(27-20-25(31)16-17-28(27)39-4)40(37,38)26-14-10-7-11-15-26/h6-17,20,22-23H,5,18-19,21H2,1-4H3,(H,32,36)/t22-,23+/m1/s1. The van der Waals surface area contributed by atoms with E-state index in [0.717, 1.165) is 16.3 Å². The third-order valence-electron chi connectivity index (χ3n) is 6.67. The maximum absolute atomic E-state index is 14.0. The molecule has 40 heavy (non-hydrogen) atoms. The topological polar surface area (TPSA) is 96.0 Å². The van der Waals surface area contributed by atoms with Crippen molar-refractivity contribution in [2.75, 3.05) is 24.5 Å². The highest BCUT2D eigenvalue weighted by Crippen LogP contribution is 2.35. The maximum Gasteiger partial charge on any atom is 0.264 e. The number of hydrogen-bond donors (Lipinski definition) is 1. The zero-order valence-corrected chi connectivity index (χ0v) is 24.8. The second-order valence-electron chi connectivity index (χ2n) is 9.46. The Morgan fingerprint density at radius 2 is 1.60 bits per heavy atom. The summed E-state index contributed by atoms with van der Waals surface area (Å²) >= 11 is 6.26. The van der Waals surface area contributed by atoms with Gasteiger partial charge in [-0.25, -0.2) is 8.42 Å². The molecule has 0 saturated heterocycles. The van der Waals surface area contributed by atoms with Crippen LogP contribution in [0.4, 0.5) is 5.69 Å². The molecule has 2 atom stereocenters. The van der Waals surface area contributed by atoms with E-state index >= 15 is 0 Å². The Morgan fingerprint density at radius 1 is 0.975 bits per heavy atom. The van der Waals surface area contributed by atoms with E-state index in [-0.39, 0.29) is 39.8 Å². The van der Waals surface area contributed by atoms with Crippen LogP contribution in [-0.2, 0) is 26.0 Å². The number of amides is 2. The predicted molar refractivity (Wildman–Crippen MR) is 158 cm³/mol. The fourth-order valence-electron chi connectivity index (χ4n) is 4.13. The molecule has 1 N–H and O–H groups in total. The van der Waals surface area contributed by atoms with Gasteiger partial charge in [0, 0.05) is 17.6 Å². The molecule has 10 heteroatoms. The molecule has 0 saturated carbocycles. The largest absolute Gasteiger partial charge is 0.495 e. The molecule has 0 heterocycles. The van der Waals surface area contributed by atoms with E-state index < -0.39 is 28.5 Å². The molecule has 0 bridgehead atoms. The van der Waals surface area contributed by atoms with E-state index in [1.54, 1.807) is 37.3 Å². The monoisotopic (exact) mass is 585 g/mol. The fraction of sp³-hybridized carbons (Fsp3) is 0.333. The molecule has 0 unspecified atom stereocenters. The fourth-order valence-corrected chi connectivity index (χ4v) is 5.73. The van der Waals surface area contributed by atoms with Crippen molar-refractivity contribution in [3.8, 4) is 5.75 Å². The number of sulfonamides is 1. The van der Waals surface area contributed by atoms with Gasteiger partial charge in [0.1, 0.15) is 18.3 Å².